The van der Waals surface area contributed by atoms with Crippen LogP contribution in [0, 0.1) is 12.7 Å². The highest BCUT2D eigenvalue weighted by Crippen LogP contribution is 2.27. The first-order valence-electron chi connectivity index (χ1n) is 5.56. The lowest BCUT2D eigenvalue weighted by Crippen LogP contribution is -2.29. The molecule has 0 amide bonds. The average Bonchev–Trinajstić information content (AvgIpc) is 2.75. The Labute approximate surface area is 115 Å². The van der Waals surface area contributed by atoms with Crippen LogP contribution in [0.5, 0.6) is 0 Å². The molecule has 0 aliphatic rings. The van der Waals surface area contributed by atoms with Crippen molar-refractivity contribution >= 4 is 22.9 Å². The van der Waals surface area contributed by atoms with Crippen LogP contribution in [0.1, 0.15) is 22.0 Å². The van der Waals surface area contributed by atoms with Crippen LogP contribution in [0.15, 0.2) is 30.3 Å². The number of nitrogens with one attached hydrogen (secondary N) is 1. The van der Waals surface area contributed by atoms with Gasteiger partial charge in [-0.3, -0.25) is 11.3 Å². The third-order valence-corrected chi connectivity index (χ3v) is 4.07. The maximum absolute atomic E-state index is 13.2. The molecule has 2 aromatic rings. The molecule has 0 radical (unpaired) electrons. The van der Waals surface area contributed by atoms with Crippen molar-refractivity contribution in [2.45, 2.75) is 19.4 Å². The smallest absolute Gasteiger partial charge is 0.126 e. The summed E-state index contributed by atoms with van der Waals surface area (Å²) in [5.74, 6) is 5.38. The van der Waals surface area contributed by atoms with Gasteiger partial charge in [0.2, 0.25) is 0 Å². The van der Waals surface area contributed by atoms with E-state index in [0.717, 1.165) is 21.2 Å². The zero-order chi connectivity index (χ0) is 13.1. The van der Waals surface area contributed by atoms with E-state index in [1.165, 1.54) is 17.4 Å². The van der Waals surface area contributed by atoms with Gasteiger partial charge < -0.3 is 0 Å². The Kier molecular flexibility index (Phi) is 4.35. The second-order valence-corrected chi connectivity index (χ2v) is 5.94. The van der Waals surface area contributed by atoms with Crippen molar-refractivity contribution in [1.29, 1.82) is 0 Å². The Morgan fingerprint density at radius 3 is 2.72 bits per heavy atom. The van der Waals surface area contributed by atoms with Gasteiger partial charge in [-0.15, -0.1) is 11.3 Å². The van der Waals surface area contributed by atoms with Crippen molar-refractivity contribution in [2.75, 3.05) is 0 Å². The van der Waals surface area contributed by atoms with Crippen LogP contribution < -0.4 is 11.3 Å². The molecule has 0 saturated heterocycles. The summed E-state index contributed by atoms with van der Waals surface area (Å²) in [5.41, 5.74) is 4.36. The predicted octanol–water partition coefficient (Wildman–Crippen LogP) is 3.60. The quantitative estimate of drug-likeness (QED) is 0.665. The monoisotopic (exact) mass is 284 g/mol. The van der Waals surface area contributed by atoms with Crippen LogP contribution in [0.3, 0.4) is 0 Å². The molecule has 96 valence electrons. The fraction of sp³-hybridized carbons (Fsp3) is 0.231. The second kappa shape index (κ2) is 5.80. The highest BCUT2D eigenvalue weighted by Gasteiger charge is 2.13. The Balaban J connectivity index is 2.19. The number of hydrogen-bond acceptors (Lipinski definition) is 3. The van der Waals surface area contributed by atoms with E-state index in [9.17, 15) is 4.39 Å². The summed E-state index contributed by atoms with van der Waals surface area (Å²) in [7, 11) is 0. The first kappa shape index (κ1) is 13.5. The molecular weight excluding hydrogens is 271 g/mol. The molecule has 0 fully saturated rings. The van der Waals surface area contributed by atoms with E-state index in [2.05, 4.69) is 5.43 Å². The van der Waals surface area contributed by atoms with Crippen molar-refractivity contribution in [2.24, 2.45) is 5.84 Å². The van der Waals surface area contributed by atoms with Crippen LogP contribution >= 0.6 is 22.9 Å². The van der Waals surface area contributed by atoms with Gasteiger partial charge in [-0.2, -0.15) is 0 Å². The molecule has 0 aliphatic heterocycles. The maximum atomic E-state index is 13.2. The van der Waals surface area contributed by atoms with Gasteiger partial charge in [-0.25, -0.2) is 4.39 Å². The Bertz CT molecular complexity index is 542. The molecule has 0 aliphatic carbocycles. The van der Waals surface area contributed by atoms with Gasteiger partial charge >= 0.3 is 0 Å². The van der Waals surface area contributed by atoms with E-state index in [0.29, 0.717) is 5.56 Å². The highest BCUT2D eigenvalue weighted by atomic mass is 35.5. The third-order valence-electron chi connectivity index (χ3n) is 2.82. The SMILES string of the molecule is Cc1cc(C(Cc2ccc(Cl)s2)NN)ccc1F. The van der Waals surface area contributed by atoms with Gasteiger partial charge in [0, 0.05) is 11.3 Å². The molecule has 0 spiro atoms. The van der Waals surface area contributed by atoms with E-state index >= 15 is 0 Å². The molecule has 5 heteroatoms. The van der Waals surface area contributed by atoms with E-state index in [4.69, 9.17) is 17.4 Å². The maximum Gasteiger partial charge on any atom is 0.126 e. The Morgan fingerprint density at radius 1 is 1.39 bits per heavy atom. The molecule has 1 heterocycles. The van der Waals surface area contributed by atoms with E-state index in [1.54, 1.807) is 13.0 Å². The molecule has 2 nitrogen and oxygen atoms in total. The molecule has 18 heavy (non-hydrogen) atoms. The fourth-order valence-corrected chi connectivity index (χ4v) is 2.95. The lowest BCUT2D eigenvalue weighted by Gasteiger charge is -2.16. The van der Waals surface area contributed by atoms with Crippen molar-refractivity contribution in [1.82, 2.24) is 5.43 Å². The van der Waals surface area contributed by atoms with Gasteiger partial charge in [0.05, 0.1) is 10.4 Å². The number of nitrogens with two attached hydrogens (primary N) is 1. The summed E-state index contributed by atoms with van der Waals surface area (Å²) in [5, 5.41) is 0. The number of hydrazine groups is 1. The summed E-state index contributed by atoms with van der Waals surface area (Å²) >= 11 is 7.43. The second-order valence-electron chi connectivity index (χ2n) is 4.14. The molecule has 1 unspecified atom stereocenters. The molecule has 1 atom stereocenters. The van der Waals surface area contributed by atoms with Gasteiger partial charge in [0.1, 0.15) is 5.82 Å². The third kappa shape index (κ3) is 3.09. The lowest BCUT2D eigenvalue weighted by atomic mass is 10.0. The van der Waals surface area contributed by atoms with Crippen molar-refractivity contribution in [3.05, 3.63) is 56.5 Å². The molecule has 3 N–H and O–H groups in total. The van der Waals surface area contributed by atoms with Crippen LogP contribution in [-0.2, 0) is 6.42 Å². The molecule has 1 aromatic carbocycles. The van der Waals surface area contributed by atoms with Crippen molar-refractivity contribution in [3.63, 3.8) is 0 Å². The zero-order valence-corrected chi connectivity index (χ0v) is 11.5. The summed E-state index contributed by atoms with van der Waals surface area (Å²) in [6, 6.07) is 8.84. The fourth-order valence-electron chi connectivity index (χ4n) is 1.82. The highest BCUT2D eigenvalue weighted by molar-refractivity contribution is 7.16. The number of thiophene rings is 1. The summed E-state index contributed by atoms with van der Waals surface area (Å²) in [4.78, 5) is 1.14. The normalized spacial score (nSPS) is 12.7. The number of halogens is 2. The standard InChI is InChI=1S/C13H14ClFN2S/c1-8-6-9(2-4-11(8)15)12(17-16)7-10-3-5-13(14)18-10/h2-6,12,17H,7,16H2,1H3. The number of benzene rings is 1. The van der Waals surface area contributed by atoms with Crippen LogP contribution in [0.25, 0.3) is 0 Å². The van der Waals surface area contributed by atoms with Gasteiger partial charge in [-0.1, -0.05) is 23.7 Å². The Morgan fingerprint density at radius 2 is 2.17 bits per heavy atom. The first-order chi connectivity index (χ1) is 8.60. The first-order valence-corrected chi connectivity index (χ1v) is 6.76. The lowest BCUT2D eigenvalue weighted by molar-refractivity contribution is 0.551. The molecular formula is C13H14ClFN2S. The molecule has 0 saturated carbocycles. The predicted molar refractivity (Wildman–Crippen MR) is 74.2 cm³/mol. The van der Waals surface area contributed by atoms with E-state index in [-0.39, 0.29) is 11.9 Å². The summed E-state index contributed by atoms with van der Waals surface area (Å²) < 4.78 is 14.0. The Hall–Kier alpha value is -0.940. The minimum absolute atomic E-state index is 0.0426. The van der Waals surface area contributed by atoms with Crippen LogP contribution in [0.4, 0.5) is 4.39 Å². The minimum Gasteiger partial charge on any atom is -0.271 e. The minimum atomic E-state index is -0.200. The molecule has 1 aromatic heterocycles. The number of rotatable bonds is 4. The molecule has 0 bridgehead atoms. The largest absolute Gasteiger partial charge is 0.271 e. The average molecular weight is 285 g/mol. The van der Waals surface area contributed by atoms with E-state index in [1.807, 2.05) is 18.2 Å². The zero-order valence-electron chi connectivity index (χ0n) is 9.91. The number of hydrogen-bond donors (Lipinski definition) is 2. The van der Waals surface area contributed by atoms with Gasteiger partial charge in [0.25, 0.3) is 0 Å². The number of aryl methyl sites for hydroxylation is 1. The van der Waals surface area contributed by atoms with Gasteiger partial charge in [0.15, 0.2) is 0 Å². The van der Waals surface area contributed by atoms with E-state index < -0.39 is 0 Å². The van der Waals surface area contributed by atoms with Crippen molar-refractivity contribution < 1.29 is 4.39 Å². The molecule has 2 rings (SSSR count). The summed E-state index contributed by atoms with van der Waals surface area (Å²) in [6.07, 6.45) is 0.735. The summed E-state index contributed by atoms with van der Waals surface area (Å²) in [6.45, 7) is 1.74. The van der Waals surface area contributed by atoms with Gasteiger partial charge in [-0.05, 0) is 36.2 Å². The van der Waals surface area contributed by atoms with Crippen molar-refractivity contribution in [3.8, 4) is 0 Å². The van der Waals surface area contributed by atoms with Crippen LogP contribution in [-0.4, -0.2) is 0 Å². The van der Waals surface area contributed by atoms with Crippen LogP contribution in [0.2, 0.25) is 4.34 Å². The topological polar surface area (TPSA) is 38.0 Å².